The van der Waals surface area contributed by atoms with Crippen LogP contribution in [0.1, 0.15) is 15.9 Å². The van der Waals surface area contributed by atoms with Crippen LogP contribution in [0.25, 0.3) is 32.9 Å². The highest BCUT2D eigenvalue weighted by Gasteiger charge is 2.22. The van der Waals surface area contributed by atoms with E-state index in [1.165, 1.54) is 21.9 Å². The number of benzene rings is 3. The fourth-order valence-corrected chi connectivity index (χ4v) is 3.83. The van der Waals surface area contributed by atoms with Crippen molar-refractivity contribution in [3.8, 4) is 11.3 Å². The summed E-state index contributed by atoms with van der Waals surface area (Å²) in [6.45, 7) is 0.665. The molecule has 2 N–H and O–H groups in total. The van der Waals surface area contributed by atoms with E-state index in [1.54, 1.807) is 0 Å². The van der Waals surface area contributed by atoms with E-state index in [1.807, 2.05) is 12.1 Å². The van der Waals surface area contributed by atoms with E-state index < -0.39 is 0 Å². The topological polar surface area (TPSA) is 44.9 Å². The second-order valence-corrected chi connectivity index (χ2v) is 6.24. The van der Waals surface area contributed by atoms with Gasteiger partial charge in [0, 0.05) is 28.6 Å². The van der Waals surface area contributed by atoms with Crippen LogP contribution >= 0.6 is 0 Å². The average Bonchev–Trinajstić information content (AvgIpc) is 2.90. The summed E-state index contributed by atoms with van der Waals surface area (Å²) >= 11 is 0. The van der Waals surface area contributed by atoms with Gasteiger partial charge in [-0.1, -0.05) is 48.5 Å². The Balaban J connectivity index is 1.89. The summed E-state index contributed by atoms with van der Waals surface area (Å²) in [5.41, 5.74) is 5.35. The standard InChI is InChI=1S/C21H16N2O/c24-21-17-9-4-10-18-19(17)16(11-12-22-21)20(23-18)15-8-3-6-13-5-1-2-7-14(13)15/h1-10,23H,11-12H2,(H,22,24). The SMILES string of the molecule is O=C1NCCc2c(-c3cccc4ccccc34)[nH]c3cccc1c23. The Morgan fingerprint density at radius 3 is 2.58 bits per heavy atom. The highest BCUT2D eigenvalue weighted by molar-refractivity contribution is 6.11. The van der Waals surface area contributed by atoms with Crippen LogP contribution in [0.2, 0.25) is 0 Å². The molecule has 3 aromatic carbocycles. The third-order valence-electron chi connectivity index (χ3n) is 4.89. The van der Waals surface area contributed by atoms with E-state index in [4.69, 9.17) is 0 Å². The van der Waals surface area contributed by atoms with Gasteiger partial charge >= 0.3 is 0 Å². The van der Waals surface area contributed by atoms with Gasteiger partial charge in [0.1, 0.15) is 0 Å². The van der Waals surface area contributed by atoms with Gasteiger partial charge in [0.2, 0.25) is 0 Å². The number of hydrogen-bond donors (Lipinski definition) is 2. The first-order valence-electron chi connectivity index (χ1n) is 8.23. The molecule has 0 saturated heterocycles. The number of fused-ring (bicyclic) bond motifs is 1. The number of H-pyrrole nitrogens is 1. The largest absolute Gasteiger partial charge is 0.354 e. The van der Waals surface area contributed by atoms with E-state index >= 15 is 0 Å². The highest BCUT2D eigenvalue weighted by Crippen LogP contribution is 2.36. The minimum Gasteiger partial charge on any atom is -0.354 e. The fraction of sp³-hybridized carbons (Fsp3) is 0.0952. The van der Waals surface area contributed by atoms with Crippen molar-refractivity contribution >= 4 is 27.6 Å². The molecule has 0 aliphatic carbocycles. The van der Waals surface area contributed by atoms with Gasteiger partial charge in [0.05, 0.1) is 5.69 Å². The lowest BCUT2D eigenvalue weighted by Crippen LogP contribution is -2.23. The molecule has 0 unspecified atom stereocenters. The molecule has 0 atom stereocenters. The van der Waals surface area contributed by atoms with E-state index in [9.17, 15) is 4.79 Å². The number of aromatic amines is 1. The third kappa shape index (κ3) is 1.81. The van der Waals surface area contributed by atoms with Gasteiger partial charge < -0.3 is 10.3 Å². The first-order chi connectivity index (χ1) is 11.8. The molecule has 1 aliphatic rings. The van der Waals surface area contributed by atoms with E-state index in [0.717, 1.165) is 28.6 Å². The molecule has 3 nitrogen and oxygen atoms in total. The fourth-order valence-electron chi connectivity index (χ4n) is 3.83. The molecular formula is C21H16N2O. The number of aromatic nitrogens is 1. The number of rotatable bonds is 1. The maximum absolute atomic E-state index is 12.3. The Bertz CT molecular complexity index is 1100. The summed E-state index contributed by atoms with van der Waals surface area (Å²) in [7, 11) is 0. The lowest BCUT2D eigenvalue weighted by atomic mass is 9.97. The molecule has 3 heteroatoms. The number of amides is 1. The molecule has 0 fully saturated rings. The number of hydrogen-bond acceptors (Lipinski definition) is 1. The second kappa shape index (κ2) is 4.96. The van der Waals surface area contributed by atoms with Crippen molar-refractivity contribution in [3.05, 3.63) is 71.8 Å². The minimum atomic E-state index is 0.0165. The van der Waals surface area contributed by atoms with Crippen molar-refractivity contribution in [2.45, 2.75) is 6.42 Å². The molecule has 0 spiro atoms. The molecule has 0 saturated carbocycles. The van der Waals surface area contributed by atoms with Gasteiger partial charge in [-0.15, -0.1) is 0 Å². The maximum atomic E-state index is 12.3. The zero-order valence-corrected chi connectivity index (χ0v) is 13.1. The molecule has 1 amide bonds. The van der Waals surface area contributed by atoms with Gasteiger partial charge in [0.15, 0.2) is 0 Å². The molecule has 1 aliphatic heterocycles. The third-order valence-corrected chi connectivity index (χ3v) is 4.89. The van der Waals surface area contributed by atoms with Crippen molar-refractivity contribution in [2.24, 2.45) is 0 Å². The summed E-state index contributed by atoms with van der Waals surface area (Å²) in [4.78, 5) is 15.9. The zero-order valence-electron chi connectivity index (χ0n) is 13.1. The Hall–Kier alpha value is -3.07. The lowest BCUT2D eigenvalue weighted by molar-refractivity contribution is 0.0957. The van der Waals surface area contributed by atoms with E-state index in [0.29, 0.717) is 6.54 Å². The Morgan fingerprint density at radius 2 is 1.62 bits per heavy atom. The number of nitrogens with one attached hydrogen (secondary N) is 2. The monoisotopic (exact) mass is 312 g/mol. The molecule has 2 heterocycles. The number of carbonyl (C=O) groups excluding carboxylic acids is 1. The minimum absolute atomic E-state index is 0.0165. The van der Waals surface area contributed by atoms with Crippen LogP contribution in [0.3, 0.4) is 0 Å². The quantitative estimate of drug-likeness (QED) is 0.541. The van der Waals surface area contributed by atoms with Gasteiger partial charge in [-0.2, -0.15) is 0 Å². The Labute approximate surface area is 139 Å². The second-order valence-electron chi connectivity index (χ2n) is 6.24. The zero-order chi connectivity index (χ0) is 16.1. The predicted octanol–water partition coefficient (Wildman–Crippen LogP) is 4.27. The van der Waals surface area contributed by atoms with Gasteiger partial charge in [-0.3, -0.25) is 4.79 Å². The van der Waals surface area contributed by atoms with Crippen molar-refractivity contribution in [1.29, 1.82) is 0 Å². The van der Waals surface area contributed by atoms with Crippen LogP contribution in [0.15, 0.2) is 60.7 Å². The Morgan fingerprint density at radius 1 is 0.833 bits per heavy atom. The van der Waals surface area contributed by atoms with Crippen LogP contribution in [-0.4, -0.2) is 17.4 Å². The van der Waals surface area contributed by atoms with Crippen LogP contribution < -0.4 is 5.32 Å². The molecular weight excluding hydrogens is 296 g/mol. The van der Waals surface area contributed by atoms with Gasteiger partial charge in [-0.05, 0) is 34.9 Å². The van der Waals surface area contributed by atoms with Crippen molar-refractivity contribution in [3.63, 3.8) is 0 Å². The molecule has 24 heavy (non-hydrogen) atoms. The molecule has 116 valence electrons. The average molecular weight is 312 g/mol. The highest BCUT2D eigenvalue weighted by atomic mass is 16.1. The van der Waals surface area contributed by atoms with Crippen molar-refractivity contribution in [1.82, 2.24) is 10.3 Å². The van der Waals surface area contributed by atoms with Crippen molar-refractivity contribution < 1.29 is 4.79 Å². The summed E-state index contributed by atoms with van der Waals surface area (Å²) in [5, 5.41) is 6.52. The molecule has 0 bridgehead atoms. The summed E-state index contributed by atoms with van der Waals surface area (Å²) < 4.78 is 0. The van der Waals surface area contributed by atoms with Gasteiger partial charge in [0.25, 0.3) is 5.91 Å². The summed E-state index contributed by atoms with van der Waals surface area (Å²) in [5.74, 6) is 0.0165. The lowest BCUT2D eigenvalue weighted by Gasteiger charge is -2.08. The number of carbonyl (C=O) groups is 1. The first kappa shape index (κ1) is 13.4. The molecule has 1 aromatic heterocycles. The summed E-state index contributed by atoms with van der Waals surface area (Å²) in [6, 6.07) is 20.7. The maximum Gasteiger partial charge on any atom is 0.251 e. The first-order valence-corrected chi connectivity index (χ1v) is 8.23. The van der Waals surface area contributed by atoms with Gasteiger partial charge in [-0.25, -0.2) is 0 Å². The van der Waals surface area contributed by atoms with Crippen LogP contribution in [0.5, 0.6) is 0 Å². The normalized spacial score (nSPS) is 13.9. The van der Waals surface area contributed by atoms with Crippen LogP contribution in [0.4, 0.5) is 0 Å². The summed E-state index contributed by atoms with van der Waals surface area (Å²) in [6.07, 6.45) is 0.835. The van der Waals surface area contributed by atoms with Crippen molar-refractivity contribution in [2.75, 3.05) is 6.54 Å². The molecule has 0 radical (unpaired) electrons. The predicted molar refractivity (Wildman–Crippen MR) is 97.3 cm³/mol. The smallest absolute Gasteiger partial charge is 0.251 e. The van der Waals surface area contributed by atoms with E-state index in [2.05, 4.69) is 58.8 Å². The van der Waals surface area contributed by atoms with Crippen LogP contribution in [-0.2, 0) is 6.42 Å². The molecule has 4 aromatic rings. The van der Waals surface area contributed by atoms with E-state index in [-0.39, 0.29) is 5.91 Å². The Kier molecular flexibility index (Phi) is 2.77. The molecule has 5 rings (SSSR count). The van der Waals surface area contributed by atoms with Crippen LogP contribution in [0, 0.1) is 0 Å².